The normalized spacial score (nSPS) is 20.4. The van der Waals surface area contributed by atoms with E-state index in [1.165, 1.54) is 0 Å². The number of benzene rings is 1. The lowest BCUT2D eigenvalue weighted by Crippen LogP contribution is -2.42. The van der Waals surface area contributed by atoms with E-state index in [9.17, 15) is 9.59 Å². The number of carbonyl (C=O) groups excluding carboxylic acids is 1. The minimum atomic E-state index is -0.793. The number of carboxylic acids is 1. The van der Waals surface area contributed by atoms with Crippen LogP contribution in [0.15, 0.2) is 30.3 Å². The molecule has 0 saturated carbocycles. The predicted octanol–water partition coefficient (Wildman–Crippen LogP) is 2.50. The summed E-state index contributed by atoms with van der Waals surface area (Å²) in [5, 5.41) is 9.06. The van der Waals surface area contributed by atoms with Crippen molar-refractivity contribution in [1.29, 1.82) is 0 Å². The third-order valence-corrected chi connectivity index (χ3v) is 3.97. The number of hydrogen-bond acceptors (Lipinski definition) is 2. The molecule has 1 saturated heterocycles. The molecule has 1 aliphatic heterocycles. The highest BCUT2D eigenvalue weighted by molar-refractivity contribution is 5.78. The maximum Gasteiger partial charge on any atom is 0.308 e. The Bertz CT molecular complexity index is 472. The van der Waals surface area contributed by atoms with Gasteiger partial charge in [0.25, 0.3) is 0 Å². The number of hydrogen-bond donors (Lipinski definition) is 1. The van der Waals surface area contributed by atoms with Gasteiger partial charge in [-0.15, -0.1) is 0 Å². The zero-order valence-corrected chi connectivity index (χ0v) is 11.8. The Labute approximate surface area is 119 Å². The number of amides is 1. The first-order valence-corrected chi connectivity index (χ1v) is 7.13. The van der Waals surface area contributed by atoms with Crippen LogP contribution in [0.25, 0.3) is 0 Å². The maximum absolute atomic E-state index is 12.3. The first-order valence-electron chi connectivity index (χ1n) is 7.13. The lowest BCUT2D eigenvalue weighted by molar-refractivity contribution is -0.145. The predicted molar refractivity (Wildman–Crippen MR) is 76.4 cm³/mol. The Morgan fingerprint density at radius 1 is 1.35 bits per heavy atom. The molecule has 1 aliphatic rings. The van der Waals surface area contributed by atoms with Gasteiger partial charge < -0.3 is 10.0 Å². The van der Waals surface area contributed by atoms with Crippen molar-refractivity contribution in [3.63, 3.8) is 0 Å². The average Bonchev–Trinajstić information content (AvgIpc) is 2.48. The first-order chi connectivity index (χ1) is 9.58. The summed E-state index contributed by atoms with van der Waals surface area (Å²) in [6, 6.07) is 9.94. The Kier molecular flexibility index (Phi) is 4.77. The van der Waals surface area contributed by atoms with E-state index in [1.54, 1.807) is 4.90 Å². The SMILES string of the molecule is C[C@H](CC(=O)N1CCC[C@H](C(=O)O)C1)c1ccccc1. The molecule has 1 fully saturated rings. The van der Waals surface area contributed by atoms with Crippen molar-refractivity contribution in [3.05, 3.63) is 35.9 Å². The van der Waals surface area contributed by atoms with E-state index < -0.39 is 11.9 Å². The molecule has 1 N–H and O–H groups in total. The molecular formula is C16H21NO3. The Balaban J connectivity index is 1.93. The molecule has 4 nitrogen and oxygen atoms in total. The molecule has 20 heavy (non-hydrogen) atoms. The minimum Gasteiger partial charge on any atom is -0.481 e. The number of likely N-dealkylation sites (tertiary alicyclic amines) is 1. The quantitative estimate of drug-likeness (QED) is 0.918. The Morgan fingerprint density at radius 2 is 2.05 bits per heavy atom. The van der Waals surface area contributed by atoms with Crippen molar-refractivity contribution in [2.45, 2.75) is 32.1 Å². The highest BCUT2D eigenvalue weighted by Crippen LogP contribution is 2.22. The molecule has 0 bridgehead atoms. The van der Waals surface area contributed by atoms with Crippen molar-refractivity contribution in [2.24, 2.45) is 5.92 Å². The van der Waals surface area contributed by atoms with Crippen molar-refractivity contribution >= 4 is 11.9 Å². The van der Waals surface area contributed by atoms with Crippen molar-refractivity contribution in [1.82, 2.24) is 4.90 Å². The van der Waals surface area contributed by atoms with Gasteiger partial charge in [0.2, 0.25) is 5.91 Å². The number of carbonyl (C=O) groups is 2. The van der Waals surface area contributed by atoms with Gasteiger partial charge in [0.1, 0.15) is 0 Å². The summed E-state index contributed by atoms with van der Waals surface area (Å²) >= 11 is 0. The monoisotopic (exact) mass is 275 g/mol. The fourth-order valence-electron chi connectivity index (χ4n) is 2.70. The molecule has 2 rings (SSSR count). The lowest BCUT2D eigenvalue weighted by atomic mass is 9.94. The van der Waals surface area contributed by atoms with E-state index in [1.807, 2.05) is 37.3 Å². The molecule has 108 valence electrons. The van der Waals surface area contributed by atoms with E-state index in [0.717, 1.165) is 12.0 Å². The summed E-state index contributed by atoms with van der Waals surface area (Å²) in [6.07, 6.45) is 1.89. The molecule has 0 aliphatic carbocycles. The number of nitrogens with zero attached hydrogens (tertiary/aromatic N) is 1. The van der Waals surface area contributed by atoms with Gasteiger partial charge in [-0.1, -0.05) is 37.3 Å². The average molecular weight is 275 g/mol. The Hall–Kier alpha value is -1.84. The van der Waals surface area contributed by atoms with E-state index in [-0.39, 0.29) is 11.8 Å². The van der Waals surface area contributed by atoms with Gasteiger partial charge >= 0.3 is 5.97 Å². The van der Waals surface area contributed by atoms with E-state index in [0.29, 0.717) is 25.9 Å². The molecule has 1 amide bonds. The van der Waals surface area contributed by atoms with Gasteiger partial charge in [0, 0.05) is 19.5 Å². The van der Waals surface area contributed by atoms with Crippen molar-refractivity contribution < 1.29 is 14.7 Å². The molecular weight excluding hydrogens is 254 g/mol. The minimum absolute atomic E-state index is 0.0623. The van der Waals surface area contributed by atoms with Crippen LogP contribution in [0.3, 0.4) is 0 Å². The topological polar surface area (TPSA) is 57.6 Å². The van der Waals surface area contributed by atoms with Crippen LogP contribution in [-0.4, -0.2) is 35.0 Å². The second kappa shape index (κ2) is 6.55. The van der Waals surface area contributed by atoms with E-state index in [2.05, 4.69) is 0 Å². The molecule has 0 unspecified atom stereocenters. The third-order valence-electron chi connectivity index (χ3n) is 3.97. The number of rotatable bonds is 4. The molecule has 4 heteroatoms. The highest BCUT2D eigenvalue weighted by Gasteiger charge is 2.28. The van der Waals surface area contributed by atoms with Gasteiger partial charge in [-0.05, 0) is 24.3 Å². The smallest absolute Gasteiger partial charge is 0.308 e. The van der Waals surface area contributed by atoms with Crippen LogP contribution < -0.4 is 0 Å². The van der Waals surface area contributed by atoms with Crippen LogP contribution in [-0.2, 0) is 9.59 Å². The van der Waals surface area contributed by atoms with Crippen molar-refractivity contribution in [3.8, 4) is 0 Å². The van der Waals surface area contributed by atoms with Crippen LogP contribution in [0.1, 0.15) is 37.7 Å². The number of piperidine rings is 1. The second-order valence-corrected chi connectivity index (χ2v) is 5.53. The fraction of sp³-hybridized carbons (Fsp3) is 0.500. The molecule has 1 heterocycles. The zero-order chi connectivity index (χ0) is 14.5. The Morgan fingerprint density at radius 3 is 2.70 bits per heavy atom. The second-order valence-electron chi connectivity index (χ2n) is 5.53. The van der Waals surface area contributed by atoms with Gasteiger partial charge in [0.05, 0.1) is 5.92 Å². The summed E-state index contributed by atoms with van der Waals surface area (Å²) in [7, 11) is 0. The largest absolute Gasteiger partial charge is 0.481 e. The number of carboxylic acid groups (broad SMARTS) is 1. The summed E-state index contributed by atoms with van der Waals surface area (Å²) in [5.41, 5.74) is 1.15. The highest BCUT2D eigenvalue weighted by atomic mass is 16.4. The standard InChI is InChI=1S/C16H21NO3/c1-12(13-6-3-2-4-7-13)10-15(18)17-9-5-8-14(11-17)16(19)20/h2-4,6-7,12,14H,5,8-11H2,1H3,(H,19,20)/t12-,14+/m1/s1. The van der Waals surface area contributed by atoms with Crippen LogP contribution in [0, 0.1) is 5.92 Å². The summed E-state index contributed by atoms with van der Waals surface area (Å²) < 4.78 is 0. The molecule has 1 aromatic carbocycles. The fourth-order valence-corrected chi connectivity index (χ4v) is 2.70. The van der Waals surface area contributed by atoms with Crippen LogP contribution in [0.5, 0.6) is 0 Å². The molecule has 0 radical (unpaired) electrons. The summed E-state index contributed by atoms with van der Waals surface area (Å²) in [4.78, 5) is 25.0. The van der Waals surface area contributed by atoms with Crippen molar-refractivity contribution in [2.75, 3.05) is 13.1 Å². The third kappa shape index (κ3) is 3.59. The molecule has 2 atom stereocenters. The first kappa shape index (κ1) is 14.6. The molecule has 1 aromatic rings. The molecule has 0 aromatic heterocycles. The van der Waals surface area contributed by atoms with E-state index >= 15 is 0 Å². The van der Waals surface area contributed by atoms with Gasteiger partial charge in [-0.25, -0.2) is 0 Å². The van der Waals surface area contributed by atoms with Crippen LogP contribution in [0.2, 0.25) is 0 Å². The lowest BCUT2D eigenvalue weighted by Gasteiger charge is -2.31. The summed E-state index contributed by atoms with van der Waals surface area (Å²) in [5.74, 6) is -0.973. The summed E-state index contributed by atoms with van der Waals surface area (Å²) in [6.45, 7) is 3.08. The zero-order valence-electron chi connectivity index (χ0n) is 11.8. The van der Waals surface area contributed by atoms with Gasteiger partial charge in [-0.3, -0.25) is 9.59 Å². The van der Waals surface area contributed by atoms with E-state index in [4.69, 9.17) is 5.11 Å². The van der Waals surface area contributed by atoms with Crippen LogP contribution >= 0.6 is 0 Å². The van der Waals surface area contributed by atoms with Gasteiger partial charge in [-0.2, -0.15) is 0 Å². The molecule has 0 spiro atoms. The van der Waals surface area contributed by atoms with Crippen LogP contribution in [0.4, 0.5) is 0 Å². The number of aliphatic carboxylic acids is 1. The van der Waals surface area contributed by atoms with Gasteiger partial charge in [0.15, 0.2) is 0 Å². The maximum atomic E-state index is 12.3.